The third-order valence-electron chi connectivity index (χ3n) is 6.79. The zero-order valence-corrected chi connectivity index (χ0v) is 20.7. The average Bonchev–Trinajstić information content (AvgIpc) is 3.28. The molecule has 1 amide bonds. The van der Waals surface area contributed by atoms with Crippen molar-refractivity contribution in [3.63, 3.8) is 0 Å². The summed E-state index contributed by atoms with van der Waals surface area (Å²) < 4.78 is 2.85. The number of benzene rings is 2. The second-order valence-corrected chi connectivity index (χ2v) is 10.6. The lowest BCUT2D eigenvalue weighted by molar-refractivity contribution is -0.113. The normalized spacial score (nSPS) is 18.5. The fourth-order valence-corrected chi connectivity index (χ4v) is 6.36. The predicted octanol–water partition coefficient (Wildman–Crippen LogP) is 7.55. The molecule has 0 N–H and O–H groups in total. The first-order chi connectivity index (χ1) is 16.0. The molecule has 1 aromatic heterocycles. The van der Waals surface area contributed by atoms with Crippen molar-refractivity contribution >= 4 is 46.0 Å². The number of carbonyl (C=O) groups excluding carboxylic acids is 1. The van der Waals surface area contributed by atoms with Crippen LogP contribution in [-0.4, -0.2) is 14.8 Å². The summed E-state index contributed by atoms with van der Waals surface area (Å²) in [5, 5.41) is 0. The molecule has 0 radical (unpaired) electrons. The highest BCUT2D eigenvalue weighted by atomic mass is 32.2. The lowest BCUT2D eigenvalue weighted by atomic mass is 9.84. The predicted molar refractivity (Wildman–Crippen MR) is 143 cm³/mol. The van der Waals surface area contributed by atoms with Crippen molar-refractivity contribution in [3.05, 3.63) is 88.1 Å². The highest BCUT2D eigenvalue weighted by molar-refractivity contribution is 8.27. The average molecular weight is 473 g/mol. The minimum atomic E-state index is -0.0576. The summed E-state index contributed by atoms with van der Waals surface area (Å²) in [6.45, 7) is 4.24. The van der Waals surface area contributed by atoms with E-state index in [4.69, 9.17) is 12.2 Å². The van der Waals surface area contributed by atoms with Crippen LogP contribution in [0.2, 0.25) is 0 Å². The van der Waals surface area contributed by atoms with Gasteiger partial charge >= 0.3 is 0 Å². The van der Waals surface area contributed by atoms with Crippen LogP contribution >= 0.6 is 24.0 Å². The van der Waals surface area contributed by atoms with Gasteiger partial charge in [-0.05, 0) is 80.1 Å². The molecule has 33 heavy (non-hydrogen) atoms. The molecule has 0 unspecified atom stereocenters. The second-order valence-electron chi connectivity index (χ2n) is 8.94. The molecule has 1 saturated carbocycles. The van der Waals surface area contributed by atoms with E-state index in [0.717, 1.165) is 22.6 Å². The van der Waals surface area contributed by atoms with Gasteiger partial charge in [0.25, 0.3) is 5.91 Å². The Balaban J connectivity index is 1.42. The van der Waals surface area contributed by atoms with Crippen molar-refractivity contribution in [1.29, 1.82) is 0 Å². The fraction of sp³-hybridized carbons (Fsp3) is 0.286. The van der Waals surface area contributed by atoms with E-state index in [-0.39, 0.29) is 5.91 Å². The van der Waals surface area contributed by atoms with E-state index in [1.807, 2.05) is 36.4 Å². The van der Waals surface area contributed by atoms with Crippen LogP contribution in [-0.2, 0) is 4.79 Å². The van der Waals surface area contributed by atoms with Gasteiger partial charge < -0.3 is 4.57 Å². The highest BCUT2D eigenvalue weighted by Crippen LogP contribution is 2.37. The summed E-state index contributed by atoms with van der Waals surface area (Å²) in [4.78, 5) is 15.4. The number of amides is 1. The van der Waals surface area contributed by atoms with Crippen LogP contribution in [0.1, 0.15) is 60.5 Å². The lowest BCUT2D eigenvalue weighted by Gasteiger charge is -2.22. The van der Waals surface area contributed by atoms with Crippen molar-refractivity contribution in [1.82, 2.24) is 4.57 Å². The Bertz CT molecular complexity index is 1220. The van der Waals surface area contributed by atoms with Gasteiger partial charge in [0.15, 0.2) is 4.32 Å². The van der Waals surface area contributed by atoms with E-state index in [0.29, 0.717) is 15.1 Å². The third kappa shape index (κ3) is 4.32. The molecule has 0 atom stereocenters. The number of rotatable bonds is 4. The number of aryl methyl sites for hydroxylation is 1. The third-order valence-corrected chi connectivity index (χ3v) is 8.10. The Labute approximate surface area is 205 Å². The second kappa shape index (κ2) is 9.32. The smallest absolute Gasteiger partial charge is 0.270 e. The largest absolute Gasteiger partial charge is 0.318 e. The molecule has 1 aliphatic heterocycles. The number of anilines is 1. The summed E-state index contributed by atoms with van der Waals surface area (Å²) in [7, 11) is 0. The maximum atomic E-state index is 13.1. The number of carbonyl (C=O) groups is 1. The Kier molecular flexibility index (Phi) is 6.26. The molecular formula is C28H28N2OS2. The van der Waals surface area contributed by atoms with Crippen LogP contribution < -0.4 is 4.90 Å². The summed E-state index contributed by atoms with van der Waals surface area (Å²) >= 11 is 6.89. The Hall–Kier alpha value is -2.63. The van der Waals surface area contributed by atoms with Crippen molar-refractivity contribution in [3.8, 4) is 5.69 Å². The van der Waals surface area contributed by atoms with Gasteiger partial charge in [0.1, 0.15) is 0 Å². The van der Waals surface area contributed by atoms with Gasteiger partial charge in [0.05, 0.1) is 10.6 Å². The van der Waals surface area contributed by atoms with Crippen LogP contribution in [0, 0.1) is 13.8 Å². The van der Waals surface area contributed by atoms with E-state index in [2.05, 4.69) is 48.7 Å². The molecule has 5 rings (SSSR count). The summed E-state index contributed by atoms with van der Waals surface area (Å²) in [6, 6.07) is 20.8. The van der Waals surface area contributed by atoms with Crippen LogP contribution in [0.25, 0.3) is 11.8 Å². The van der Waals surface area contributed by atoms with Gasteiger partial charge in [-0.3, -0.25) is 9.69 Å². The van der Waals surface area contributed by atoms with E-state index in [1.165, 1.54) is 55.1 Å². The molecule has 2 heterocycles. The molecular weight excluding hydrogens is 444 g/mol. The number of thioether (sulfide) groups is 1. The number of thiocarbonyl (C=S) groups is 1. The minimum Gasteiger partial charge on any atom is -0.318 e. The maximum Gasteiger partial charge on any atom is 0.270 e. The van der Waals surface area contributed by atoms with Gasteiger partial charge in [-0.15, -0.1) is 0 Å². The standard InChI is InChI=1S/C28H28N2OS2/c1-19-17-23(18-26-27(31)30(28(32)33-26)24-11-7-4-8-12-24)20(2)29(19)25-15-13-22(14-16-25)21-9-5-3-6-10-21/h4,7-8,11-18,21H,3,5-6,9-10H2,1-2H3/b26-18-. The molecule has 0 bridgehead atoms. The van der Waals surface area contributed by atoms with Gasteiger partial charge in [-0.2, -0.15) is 0 Å². The molecule has 1 aliphatic carbocycles. The molecule has 2 fully saturated rings. The number of hydrogen-bond donors (Lipinski definition) is 0. The number of hydrogen-bond acceptors (Lipinski definition) is 3. The van der Waals surface area contributed by atoms with Gasteiger partial charge in [0, 0.05) is 17.1 Å². The Morgan fingerprint density at radius 2 is 1.64 bits per heavy atom. The fourth-order valence-electron chi connectivity index (χ4n) is 5.07. The lowest BCUT2D eigenvalue weighted by Crippen LogP contribution is -2.27. The molecule has 0 spiro atoms. The van der Waals surface area contributed by atoms with Crippen molar-refractivity contribution in [2.75, 3.05) is 4.90 Å². The first-order valence-electron chi connectivity index (χ1n) is 11.7. The van der Waals surface area contributed by atoms with Gasteiger partial charge in [-0.25, -0.2) is 0 Å². The molecule has 3 nitrogen and oxygen atoms in total. The molecule has 5 heteroatoms. The molecule has 3 aromatic rings. The Morgan fingerprint density at radius 1 is 0.939 bits per heavy atom. The summed E-state index contributed by atoms with van der Waals surface area (Å²) in [5.41, 5.74) is 6.78. The van der Waals surface area contributed by atoms with Crippen LogP contribution in [0.4, 0.5) is 5.69 Å². The summed E-state index contributed by atoms with van der Waals surface area (Å²) in [5.74, 6) is 0.652. The Morgan fingerprint density at radius 3 is 2.33 bits per heavy atom. The maximum absolute atomic E-state index is 13.1. The van der Waals surface area contributed by atoms with Crippen molar-refractivity contribution < 1.29 is 4.79 Å². The topological polar surface area (TPSA) is 25.2 Å². The highest BCUT2D eigenvalue weighted by Gasteiger charge is 2.33. The van der Waals surface area contributed by atoms with Crippen LogP contribution in [0.5, 0.6) is 0 Å². The minimum absolute atomic E-state index is 0.0576. The quantitative estimate of drug-likeness (QED) is 0.289. The SMILES string of the molecule is Cc1cc(/C=C2\SC(=S)N(c3ccccc3)C2=O)c(C)n1-c1ccc(C2CCCCC2)cc1. The zero-order valence-electron chi connectivity index (χ0n) is 19.1. The zero-order chi connectivity index (χ0) is 22.9. The molecule has 168 valence electrons. The number of aromatic nitrogens is 1. The van der Waals surface area contributed by atoms with Gasteiger partial charge in [-0.1, -0.05) is 73.6 Å². The van der Waals surface area contributed by atoms with Crippen molar-refractivity contribution in [2.24, 2.45) is 0 Å². The molecule has 2 aromatic carbocycles. The molecule has 1 saturated heterocycles. The number of para-hydroxylation sites is 1. The number of nitrogens with zero attached hydrogens (tertiary/aromatic N) is 2. The first-order valence-corrected chi connectivity index (χ1v) is 12.9. The van der Waals surface area contributed by atoms with Crippen LogP contribution in [0.15, 0.2) is 65.6 Å². The van der Waals surface area contributed by atoms with Crippen molar-refractivity contribution in [2.45, 2.75) is 51.9 Å². The first kappa shape index (κ1) is 22.2. The van der Waals surface area contributed by atoms with E-state index >= 15 is 0 Å². The van der Waals surface area contributed by atoms with E-state index in [1.54, 1.807) is 4.90 Å². The van der Waals surface area contributed by atoms with E-state index < -0.39 is 0 Å². The monoisotopic (exact) mass is 472 g/mol. The molecule has 2 aliphatic rings. The van der Waals surface area contributed by atoms with E-state index in [9.17, 15) is 4.79 Å². The van der Waals surface area contributed by atoms with Crippen LogP contribution in [0.3, 0.4) is 0 Å². The van der Waals surface area contributed by atoms with Gasteiger partial charge in [0.2, 0.25) is 0 Å². The summed E-state index contributed by atoms with van der Waals surface area (Å²) in [6.07, 6.45) is 8.68.